The van der Waals surface area contributed by atoms with Gasteiger partial charge in [-0.3, -0.25) is 9.78 Å². The van der Waals surface area contributed by atoms with Gasteiger partial charge >= 0.3 is 0 Å². The van der Waals surface area contributed by atoms with Gasteiger partial charge in [-0.05, 0) is 35.4 Å². The molecule has 1 aliphatic heterocycles. The molecule has 0 aliphatic carbocycles. The maximum absolute atomic E-state index is 12.7. The molecule has 2 atom stereocenters. The maximum Gasteiger partial charge on any atom is 0.227 e. The fraction of sp³-hybridized carbons (Fsp3) is 0.400. The molecule has 2 heterocycles. The van der Waals surface area contributed by atoms with Gasteiger partial charge in [0, 0.05) is 44.4 Å². The Bertz CT molecular complexity index is 688. The summed E-state index contributed by atoms with van der Waals surface area (Å²) in [5.41, 5.74) is 2.22. The Labute approximate surface area is 148 Å². The molecular weight excluding hydrogens is 316 g/mol. The van der Waals surface area contributed by atoms with E-state index >= 15 is 0 Å². The van der Waals surface area contributed by atoms with E-state index in [1.807, 2.05) is 41.3 Å². The summed E-state index contributed by atoms with van der Waals surface area (Å²) in [5, 5.41) is 0. The van der Waals surface area contributed by atoms with Gasteiger partial charge in [0.25, 0.3) is 0 Å². The predicted octanol–water partition coefficient (Wildman–Crippen LogP) is 2.52. The van der Waals surface area contributed by atoms with Crippen molar-refractivity contribution in [1.82, 2.24) is 9.88 Å². The number of carbonyl (C=O) groups is 1. The molecule has 5 heteroatoms. The smallest absolute Gasteiger partial charge is 0.227 e. The zero-order chi connectivity index (χ0) is 17.6. The number of nitrogens with zero attached hydrogens (tertiary/aromatic N) is 2. The summed E-state index contributed by atoms with van der Waals surface area (Å²) < 4.78 is 10.5. The minimum Gasteiger partial charge on any atom is -0.497 e. The van der Waals surface area contributed by atoms with Gasteiger partial charge in [0.15, 0.2) is 0 Å². The predicted molar refractivity (Wildman–Crippen MR) is 95.6 cm³/mol. The molecule has 1 aromatic heterocycles. The summed E-state index contributed by atoms with van der Waals surface area (Å²) in [5.74, 6) is 1.56. The minimum atomic E-state index is 0.155. The number of hydrogen-bond acceptors (Lipinski definition) is 4. The largest absolute Gasteiger partial charge is 0.497 e. The maximum atomic E-state index is 12.7. The van der Waals surface area contributed by atoms with Crippen molar-refractivity contribution in [3.05, 3.63) is 59.9 Å². The topological polar surface area (TPSA) is 51.7 Å². The van der Waals surface area contributed by atoms with E-state index in [9.17, 15) is 4.79 Å². The van der Waals surface area contributed by atoms with Gasteiger partial charge in [-0.2, -0.15) is 0 Å². The Morgan fingerprint density at radius 1 is 1.12 bits per heavy atom. The van der Waals surface area contributed by atoms with Gasteiger partial charge in [-0.15, -0.1) is 0 Å². The highest BCUT2D eigenvalue weighted by molar-refractivity contribution is 5.79. The van der Waals surface area contributed by atoms with Gasteiger partial charge in [-0.25, -0.2) is 0 Å². The van der Waals surface area contributed by atoms with Crippen LogP contribution < -0.4 is 4.74 Å². The van der Waals surface area contributed by atoms with E-state index in [-0.39, 0.29) is 5.91 Å². The van der Waals surface area contributed by atoms with Crippen molar-refractivity contribution < 1.29 is 14.3 Å². The van der Waals surface area contributed by atoms with Gasteiger partial charge in [0.2, 0.25) is 5.91 Å². The second kappa shape index (κ2) is 8.12. The Morgan fingerprint density at radius 3 is 2.48 bits per heavy atom. The van der Waals surface area contributed by atoms with Gasteiger partial charge in [0.05, 0.1) is 20.1 Å². The number of ether oxygens (including phenoxy) is 2. The van der Waals surface area contributed by atoms with Gasteiger partial charge in [0.1, 0.15) is 5.75 Å². The van der Waals surface area contributed by atoms with Crippen LogP contribution in [0.2, 0.25) is 0 Å². The molecule has 0 spiro atoms. The molecule has 1 fully saturated rings. The van der Waals surface area contributed by atoms with Gasteiger partial charge < -0.3 is 14.4 Å². The second-order valence-electron chi connectivity index (χ2n) is 6.43. The number of amides is 1. The van der Waals surface area contributed by atoms with Crippen LogP contribution in [0.15, 0.2) is 48.8 Å². The van der Waals surface area contributed by atoms with E-state index in [0.717, 1.165) is 24.4 Å². The van der Waals surface area contributed by atoms with Crippen LogP contribution in [0.1, 0.15) is 17.0 Å². The van der Waals surface area contributed by atoms with Crippen molar-refractivity contribution in [1.29, 1.82) is 0 Å². The van der Waals surface area contributed by atoms with E-state index in [0.29, 0.717) is 24.9 Å². The summed E-state index contributed by atoms with van der Waals surface area (Å²) >= 11 is 0. The van der Waals surface area contributed by atoms with Crippen LogP contribution in [0.4, 0.5) is 0 Å². The monoisotopic (exact) mass is 340 g/mol. The summed E-state index contributed by atoms with van der Waals surface area (Å²) in [7, 11) is 3.35. The van der Waals surface area contributed by atoms with Crippen LogP contribution in [-0.4, -0.2) is 49.7 Å². The molecule has 1 aromatic carbocycles. The Balaban J connectivity index is 1.68. The van der Waals surface area contributed by atoms with Crippen molar-refractivity contribution in [2.24, 2.45) is 5.92 Å². The summed E-state index contributed by atoms with van der Waals surface area (Å²) in [6.07, 6.45) is 4.02. The molecule has 0 N–H and O–H groups in total. The first kappa shape index (κ1) is 17.4. The van der Waals surface area contributed by atoms with Crippen LogP contribution in [0.25, 0.3) is 0 Å². The zero-order valence-corrected chi connectivity index (χ0v) is 14.7. The standard InChI is InChI=1S/C20H24N2O3/c1-24-14-17-12-22(13-19(17)16-7-9-21-10-8-16)20(23)11-15-3-5-18(25-2)6-4-15/h3-10,17,19H,11-14H2,1-2H3. The Hall–Kier alpha value is -2.40. The average molecular weight is 340 g/mol. The van der Waals surface area contributed by atoms with Crippen LogP contribution in [0.5, 0.6) is 5.75 Å². The molecule has 3 rings (SSSR count). The molecule has 2 unspecified atom stereocenters. The molecule has 0 saturated carbocycles. The SMILES string of the molecule is COCC1CN(C(=O)Cc2ccc(OC)cc2)CC1c1ccncc1. The van der Waals surface area contributed by atoms with E-state index in [2.05, 4.69) is 4.98 Å². The van der Waals surface area contributed by atoms with Crippen LogP contribution in [-0.2, 0) is 16.0 Å². The molecule has 25 heavy (non-hydrogen) atoms. The van der Waals surface area contributed by atoms with Gasteiger partial charge in [-0.1, -0.05) is 12.1 Å². The molecule has 0 bridgehead atoms. The second-order valence-corrected chi connectivity index (χ2v) is 6.43. The summed E-state index contributed by atoms with van der Waals surface area (Å²) in [4.78, 5) is 18.8. The highest BCUT2D eigenvalue weighted by atomic mass is 16.5. The number of aromatic nitrogens is 1. The first-order chi connectivity index (χ1) is 12.2. The van der Waals surface area contributed by atoms with E-state index in [1.54, 1.807) is 26.6 Å². The van der Waals surface area contributed by atoms with E-state index in [4.69, 9.17) is 9.47 Å². The van der Waals surface area contributed by atoms with Crippen LogP contribution in [0, 0.1) is 5.92 Å². The third-order valence-corrected chi connectivity index (χ3v) is 4.82. The third-order valence-electron chi connectivity index (χ3n) is 4.82. The number of pyridine rings is 1. The van der Waals surface area contributed by atoms with Crippen molar-refractivity contribution in [2.75, 3.05) is 33.9 Å². The fourth-order valence-electron chi connectivity index (χ4n) is 3.48. The van der Waals surface area contributed by atoms with Crippen LogP contribution >= 0.6 is 0 Å². The lowest BCUT2D eigenvalue weighted by Crippen LogP contribution is -2.30. The lowest BCUT2D eigenvalue weighted by Gasteiger charge is -2.17. The summed E-state index contributed by atoms with van der Waals surface area (Å²) in [6.45, 7) is 2.11. The Morgan fingerprint density at radius 2 is 1.84 bits per heavy atom. The lowest BCUT2D eigenvalue weighted by atomic mass is 9.90. The first-order valence-corrected chi connectivity index (χ1v) is 8.51. The molecule has 1 amide bonds. The highest BCUT2D eigenvalue weighted by Crippen LogP contribution is 2.33. The average Bonchev–Trinajstić information content (AvgIpc) is 3.07. The van der Waals surface area contributed by atoms with Crippen molar-refractivity contribution in [3.8, 4) is 5.75 Å². The van der Waals surface area contributed by atoms with Crippen molar-refractivity contribution in [3.63, 3.8) is 0 Å². The number of hydrogen-bond donors (Lipinski definition) is 0. The number of methoxy groups -OCH3 is 2. The van der Waals surface area contributed by atoms with E-state index < -0.39 is 0 Å². The number of likely N-dealkylation sites (tertiary alicyclic amines) is 1. The summed E-state index contributed by atoms with van der Waals surface area (Å²) in [6, 6.07) is 11.7. The van der Waals surface area contributed by atoms with Crippen molar-refractivity contribution >= 4 is 5.91 Å². The third kappa shape index (κ3) is 4.17. The number of carbonyl (C=O) groups excluding carboxylic acids is 1. The molecular formula is C20H24N2O3. The molecule has 0 radical (unpaired) electrons. The first-order valence-electron chi connectivity index (χ1n) is 8.51. The minimum absolute atomic E-state index is 0.155. The molecule has 5 nitrogen and oxygen atoms in total. The van der Waals surface area contributed by atoms with E-state index in [1.165, 1.54) is 5.56 Å². The normalized spacial score (nSPS) is 19.8. The van der Waals surface area contributed by atoms with Crippen molar-refractivity contribution in [2.45, 2.75) is 12.3 Å². The quantitative estimate of drug-likeness (QED) is 0.811. The molecule has 2 aromatic rings. The number of rotatable bonds is 6. The zero-order valence-electron chi connectivity index (χ0n) is 14.7. The lowest BCUT2D eigenvalue weighted by molar-refractivity contribution is -0.129. The fourth-order valence-corrected chi connectivity index (χ4v) is 3.48. The highest BCUT2D eigenvalue weighted by Gasteiger charge is 2.35. The van der Waals surface area contributed by atoms with Crippen LogP contribution in [0.3, 0.4) is 0 Å². The molecule has 132 valence electrons. The molecule has 1 aliphatic rings. The number of benzene rings is 1. The Kier molecular flexibility index (Phi) is 5.66. The molecule has 1 saturated heterocycles.